The minimum absolute atomic E-state index is 0.0431. The first-order chi connectivity index (χ1) is 15.3. The zero-order valence-electron chi connectivity index (χ0n) is 19.9. The predicted molar refractivity (Wildman–Crippen MR) is 122 cm³/mol. The monoisotopic (exact) mass is 457 g/mol. The predicted octanol–water partition coefficient (Wildman–Crippen LogP) is 3.02. The van der Waals surface area contributed by atoms with Crippen molar-refractivity contribution in [3.05, 3.63) is 42.2 Å². The van der Waals surface area contributed by atoms with E-state index in [-0.39, 0.29) is 17.5 Å². The van der Waals surface area contributed by atoms with E-state index in [2.05, 4.69) is 10.6 Å². The number of hydrogen-bond donors (Lipinski definition) is 2. The lowest BCUT2D eigenvalue weighted by atomic mass is 9.74. The Morgan fingerprint density at radius 2 is 1.82 bits per heavy atom. The number of anilines is 1. The topological polar surface area (TPSA) is 87.7 Å². The maximum Gasteiger partial charge on any atom is 0.246 e. The summed E-state index contributed by atoms with van der Waals surface area (Å²) in [6.07, 6.45) is 3.46. The van der Waals surface area contributed by atoms with Gasteiger partial charge in [-0.25, -0.2) is 4.39 Å². The fourth-order valence-electron chi connectivity index (χ4n) is 5.21. The summed E-state index contributed by atoms with van der Waals surface area (Å²) in [5.74, 6) is -3.42. The molecule has 3 aliphatic heterocycles. The molecule has 0 aromatic heterocycles. The normalized spacial score (nSPS) is 30.5. The number of fused-ring (bicyclic) bond motifs is 1. The molecule has 0 radical (unpaired) electrons. The van der Waals surface area contributed by atoms with Gasteiger partial charge in [-0.3, -0.25) is 14.4 Å². The van der Waals surface area contributed by atoms with Crippen LogP contribution in [0.5, 0.6) is 0 Å². The second-order valence-electron chi connectivity index (χ2n) is 10.8. The largest absolute Gasteiger partial charge is 0.359 e. The molecule has 2 N–H and O–H groups in total. The van der Waals surface area contributed by atoms with Crippen molar-refractivity contribution >= 4 is 23.4 Å². The van der Waals surface area contributed by atoms with Crippen LogP contribution >= 0.6 is 0 Å². The number of carbonyl (C=O) groups is 3. The van der Waals surface area contributed by atoms with Crippen molar-refractivity contribution in [1.82, 2.24) is 10.2 Å². The molecule has 0 aliphatic carbocycles. The first kappa shape index (κ1) is 23.4. The van der Waals surface area contributed by atoms with Crippen LogP contribution in [0.15, 0.2) is 36.4 Å². The van der Waals surface area contributed by atoms with E-state index in [0.29, 0.717) is 6.42 Å². The van der Waals surface area contributed by atoms with Gasteiger partial charge in [0.1, 0.15) is 17.5 Å². The molecular formula is C25H32FN3O4. The van der Waals surface area contributed by atoms with Crippen LogP contribution in [0.4, 0.5) is 10.1 Å². The lowest BCUT2D eigenvalue weighted by Crippen LogP contribution is -2.61. The Morgan fingerprint density at radius 1 is 1.15 bits per heavy atom. The summed E-state index contributed by atoms with van der Waals surface area (Å²) in [4.78, 5) is 42.3. The number of hydrogen-bond acceptors (Lipinski definition) is 4. The van der Waals surface area contributed by atoms with Crippen LogP contribution in [0.3, 0.4) is 0 Å². The third-order valence-corrected chi connectivity index (χ3v) is 6.97. The van der Waals surface area contributed by atoms with Gasteiger partial charge in [0.25, 0.3) is 0 Å². The third kappa shape index (κ3) is 3.64. The van der Waals surface area contributed by atoms with Gasteiger partial charge in [0.15, 0.2) is 0 Å². The highest BCUT2D eigenvalue weighted by Crippen LogP contribution is 2.56. The van der Waals surface area contributed by atoms with E-state index >= 15 is 0 Å². The van der Waals surface area contributed by atoms with Gasteiger partial charge in [-0.05, 0) is 53.2 Å². The summed E-state index contributed by atoms with van der Waals surface area (Å²) in [5.41, 5.74) is -2.36. The Kier molecular flexibility index (Phi) is 5.43. The SMILES string of the molecule is CCC(C)(C)N1C(=O)[C@@H]2[C@@H](C(=O)Nc3ccccc3F)[C@H]3C=C[C@@]2(O3)[C@H]1C(=O)NC(C)(C)C. The molecule has 4 rings (SSSR count). The van der Waals surface area contributed by atoms with E-state index in [0.717, 1.165) is 0 Å². The van der Waals surface area contributed by atoms with Crippen molar-refractivity contribution in [2.75, 3.05) is 5.32 Å². The van der Waals surface area contributed by atoms with Gasteiger partial charge in [0, 0.05) is 11.1 Å². The summed E-state index contributed by atoms with van der Waals surface area (Å²) >= 11 is 0. The molecule has 3 heterocycles. The first-order valence-electron chi connectivity index (χ1n) is 11.4. The molecule has 1 aromatic rings. The number of amides is 3. The summed E-state index contributed by atoms with van der Waals surface area (Å²) < 4.78 is 20.5. The van der Waals surface area contributed by atoms with Crippen LogP contribution in [0.25, 0.3) is 0 Å². The molecule has 7 nitrogen and oxygen atoms in total. The summed E-state index contributed by atoms with van der Waals surface area (Å²) in [6, 6.07) is 4.96. The zero-order chi connectivity index (χ0) is 24.3. The number of likely N-dealkylation sites (tertiary alicyclic amines) is 1. The fourth-order valence-corrected chi connectivity index (χ4v) is 5.21. The molecule has 0 unspecified atom stereocenters. The van der Waals surface area contributed by atoms with Crippen molar-refractivity contribution in [1.29, 1.82) is 0 Å². The molecule has 33 heavy (non-hydrogen) atoms. The highest BCUT2D eigenvalue weighted by atomic mass is 19.1. The van der Waals surface area contributed by atoms with E-state index in [1.165, 1.54) is 18.2 Å². The zero-order valence-corrected chi connectivity index (χ0v) is 19.9. The van der Waals surface area contributed by atoms with Gasteiger partial charge in [-0.1, -0.05) is 31.2 Å². The number of nitrogens with one attached hydrogen (secondary N) is 2. The van der Waals surface area contributed by atoms with Crippen LogP contribution < -0.4 is 10.6 Å². The van der Waals surface area contributed by atoms with Crippen LogP contribution in [-0.2, 0) is 19.1 Å². The second kappa shape index (κ2) is 7.65. The highest BCUT2D eigenvalue weighted by Gasteiger charge is 2.74. The molecule has 8 heteroatoms. The van der Waals surface area contributed by atoms with Crippen LogP contribution in [0, 0.1) is 17.7 Å². The standard InChI is InChI=1S/C25H32FN3O4/c1-7-24(5,6)29-19(21(31)28-23(2,3)4)25-13-12-16(33-25)17(18(25)22(29)32)20(30)27-15-11-9-8-10-14(15)26/h8-13,16-19H,7H2,1-6H3,(H,27,30)(H,28,31)/t16-,17+,18+,19-,25+/m1/s1. The number of rotatable bonds is 5. The first-order valence-corrected chi connectivity index (χ1v) is 11.4. The van der Waals surface area contributed by atoms with Crippen LogP contribution in [0.1, 0.15) is 48.0 Å². The summed E-state index contributed by atoms with van der Waals surface area (Å²) in [7, 11) is 0. The number of ether oxygens (including phenoxy) is 1. The van der Waals surface area contributed by atoms with E-state index < -0.39 is 52.4 Å². The molecule has 3 amide bonds. The van der Waals surface area contributed by atoms with Gasteiger partial charge in [-0.2, -0.15) is 0 Å². The Morgan fingerprint density at radius 3 is 2.42 bits per heavy atom. The molecule has 2 fully saturated rings. The van der Waals surface area contributed by atoms with E-state index in [4.69, 9.17) is 4.74 Å². The highest BCUT2D eigenvalue weighted by molar-refractivity contribution is 6.03. The van der Waals surface area contributed by atoms with Gasteiger partial charge in [0.05, 0.1) is 23.6 Å². The van der Waals surface area contributed by atoms with Crippen molar-refractivity contribution in [3.63, 3.8) is 0 Å². The third-order valence-electron chi connectivity index (χ3n) is 6.97. The van der Waals surface area contributed by atoms with Gasteiger partial charge < -0.3 is 20.3 Å². The van der Waals surface area contributed by atoms with E-state index in [9.17, 15) is 18.8 Å². The molecule has 2 bridgehead atoms. The molecule has 5 atom stereocenters. The van der Waals surface area contributed by atoms with Crippen LogP contribution in [0.2, 0.25) is 0 Å². The minimum Gasteiger partial charge on any atom is -0.359 e. The summed E-state index contributed by atoms with van der Waals surface area (Å²) in [6.45, 7) is 11.4. The maximum atomic E-state index is 14.2. The van der Waals surface area contributed by atoms with Crippen molar-refractivity contribution < 1.29 is 23.5 Å². The molecule has 3 aliphatic rings. The van der Waals surface area contributed by atoms with Crippen molar-refractivity contribution in [2.45, 2.75) is 76.8 Å². The second-order valence-corrected chi connectivity index (χ2v) is 10.8. The van der Waals surface area contributed by atoms with Gasteiger partial charge in [-0.15, -0.1) is 0 Å². The average Bonchev–Trinajstić information content (AvgIpc) is 3.36. The molecule has 1 spiro atoms. The lowest BCUT2D eigenvalue weighted by Gasteiger charge is -2.42. The Hall–Kier alpha value is -2.74. The van der Waals surface area contributed by atoms with Gasteiger partial charge >= 0.3 is 0 Å². The molecule has 1 aromatic carbocycles. The number of carbonyl (C=O) groups excluding carboxylic acids is 3. The quantitative estimate of drug-likeness (QED) is 0.666. The number of benzene rings is 1. The van der Waals surface area contributed by atoms with Crippen molar-refractivity contribution in [3.8, 4) is 0 Å². The summed E-state index contributed by atoms with van der Waals surface area (Å²) in [5, 5.41) is 5.61. The Balaban J connectivity index is 1.74. The Labute approximate surface area is 193 Å². The number of nitrogens with zero attached hydrogens (tertiary/aromatic N) is 1. The van der Waals surface area contributed by atoms with Crippen LogP contribution in [-0.4, -0.2) is 51.4 Å². The van der Waals surface area contributed by atoms with E-state index in [1.54, 1.807) is 23.1 Å². The molecule has 178 valence electrons. The number of para-hydroxylation sites is 1. The Bertz CT molecular complexity index is 1030. The minimum atomic E-state index is -1.25. The molecular weight excluding hydrogens is 425 g/mol. The van der Waals surface area contributed by atoms with E-state index in [1.807, 2.05) is 41.5 Å². The molecule has 0 saturated carbocycles. The van der Waals surface area contributed by atoms with Crippen molar-refractivity contribution in [2.24, 2.45) is 11.8 Å². The smallest absolute Gasteiger partial charge is 0.246 e. The fraction of sp³-hybridized carbons (Fsp3) is 0.560. The molecule has 2 saturated heterocycles. The number of halogens is 1. The maximum absolute atomic E-state index is 14.2. The average molecular weight is 458 g/mol. The van der Waals surface area contributed by atoms with Gasteiger partial charge in [0.2, 0.25) is 17.7 Å². The lowest BCUT2D eigenvalue weighted by molar-refractivity contribution is -0.147.